The normalized spacial score (nSPS) is 15.0. The topological polar surface area (TPSA) is 51.2 Å². The van der Waals surface area contributed by atoms with E-state index in [0.29, 0.717) is 23.7 Å². The van der Waals surface area contributed by atoms with Gasteiger partial charge in [0.05, 0.1) is 5.02 Å². The third-order valence-electron chi connectivity index (χ3n) is 5.37. The Kier molecular flexibility index (Phi) is 6.38. The molecule has 0 radical (unpaired) electrons. The number of amides is 1. The number of nitrogens with one attached hydrogen (secondary N) is 1. The van der Waals surface area contributed by atoms with Gasteiger partial charge in [0.25, 0.3) is 0 Å². The van der Waals surface area contributed by atoms with Crippen molar-refractivity contribution >= 4 is 17.5 Å². The number of hydrogen-bond acceptors (Lipinski definition) is 3. The second kappa shape index (κ2) is 9.36. The lowest BCUT2D eigenvalue weighted by Gasteiger charge is -2.08. The van der Waals surface area contributed by atoms with E-state index in [-0.39, 0.29) is 12.0 Å². The fourth-order valence-corrected chi connectivity index (χ4v) is 3.86. The Labute approximate surface area is 187 Å². The van der Waals surface area contributed by atoms with Crippen molar-refractivity contribution < 1.29 is 9.53 Å². The highest BCUT2D eigenvalue weighted by atomic mass is 35.5. The van der Waals surface area contributed by atoms with Crippen LogP contribution in [0, 0.1) is 6.92 Å². The van der Waals surface area contributed by atoms with E-state index in [1.54, 1.807) is 12.3 Å². The zero-order valence-corrected chi connectivity index (χ0v) is 18.4. The molecule has 0 fully saturated rings. The molecule has 0 bridgehead atoms. The Hall–Kier alpha value is -3.11. The first-order chi connectivity index (χ1) is 15.0. The molecule has 1 aliphatic rings. The SMILES string of the molecule is CCc1ccc(CNC(=O)/C=C/C2Cc3cc(-c4ccc(C)cc4)cc(Cl)c3O2)cn1. The zero-order chi connectivity index (χ0) is 21.8. The number of hydrogen-bond donors (Lipinski definition) is 1. The summed E-state index contributed by atoms with van der Waals surface area (Å²) in [6.45, 7) is 4.57. The van der Waals surface area contributed by atoms with Crippen molar-refractivity contribution in [3.8, 4) is 16.9 Å². The highest BCUT2D eigenvalue weighted by molar-refractivity contribution is 6.32. The molecule has 1 amide bonds. The van der Waals surface area contributed by atoms with Gasteiger partial charge in [-0.1, -0.05) is 54.4 Å². The molecule has 1 aliphatic heterocycles. The highest BCUT2D eigenvalue weighted by Gasteiger charge is 2.24. The quantitative estimate of drug-likeness (QED) is 0.527. The van der Waals surface area contributed by atoms with Crippen molar-refractivity contribution in [2.45, 2.75) is 39.3 Å². The number of benzene rings is 2. The van der Waals surface area contributed by atoms with E-state index in [0.717, 1.165) is 34.4 Å². The molecule has 1 N–H and O–H groups in total. The summed E-state index contributed by atoms with van der Waals surface area (Å²) in [5.74, 6) is 0.542. The lowest BCUT2D eigenvalue weighted by atomic mass is 10.00. The van der Waals surface area contributed by atoms with Crippen molar-refractivity contribution in [2.24, 2.45) is 0 Å². The molecule has 2 aromatic carbocycles. The Bertz CT molecular complexity index is 1110. The van der Waals surface area contributed by atoms with E-state index in [4.69, 9.17) is 16.3 Å². The summed E-state index contributed by atoms with van der Waals surface area (Å²) < 4.78 is 5.98. The van der Waals surface area contributed by atoms with Crippen LogP contribution in [0.2, 0.25) is 5.02 Å². The molecule has 0 saturated carbocycles. The van der Waals surface area contributed by atoms with Gasteiger partial charge in [-0.05, 0) is 54.3 Å². The minimum atomic E-state index is -0.211. The molecule has 1 unspecified atom stereocenters. The molecule has 3 aromatic rings. The summed E-state index contributed by atoms with van der Waals surface area (Å²) in [5, 5.41) is 3.47. The molecule has 0 saturated heterocycles. The van der Waals surface area contributed by atoms with E-state index in [1.807, 2.05) is 18.2 Å². The molecule has 1 atom stereocenters. The third-order valence-corrected chi connectivity index (χ3v) is 5.65. The number of nitrogens with zero attached hydrogens (tertiary/aromatic N) is 1. The molecule has 0 spiro atoms. The van der Waals surface area contributed by atoms with Crippen molar-refractivity contribution in [3.05, 3.63) is 94.3 Å². The largest absolute Gasteiger partial charge is 0.484 e. The summed E-state index contributed by atoms with van der Waals surface area (Å²) in [6, 6.07) is 16.4. The molecule has 158 valence electrons. The molecular formula is C26H25ClN2O2. The van der Waals surface area contributed by atoms with Crippen molar-refractivity contribution in [3.63, 3.8) is 0 Å². The number of halogens is 1. The van der Waals surface area contributed by atoms with Gasteiger partial charge in [-0.25, -0.2) is 0 Å². The maximum absolute atomic E-state index is 12.2. The van der Waals surface area contributed by atoms with Crippen molar-refractivity contribution in [1.29, 1.82) is 0 Å². The first kappa shape index (κ1) is 21.1. The second-order valence-electron chi connectivity index (χ2n) is 7.76. The molecule has 5 heteroatoms. The fourth-order valence-electron chi connectivity index (χ4n) is 3.58. The zero-order valence-electron chi connectivity index (χ0n) is 17.7. The van der Waals surface area contributed by atoms with Gasteiger partial charge in [0.2, 0.25) is 5.91 Å². The summed E-state index contributed by atoms with van der Waals surface area (Å²) >= 11 is 6.49. The number of aromatic nitrogens is 1. The van der Waals surface area contributed by atoms with E-state index in [2.05, 4.69) is 54.5 Å². The molecule has 31 heavy (non-hydrogen) atoms. The number of fused-ring (bicyclic) bond motifs is 1. The number of ether oxygens (including phenoxy) is 1. The number of carbonyl (C=O) groups is 1. The minimum absolute atomic E-state index is 0.162. The van der Waals surface area contributed by atoms with Crippen LogP contribution in [0.4, 0.5) is 0 Å². The number of aryl methyl sites for hydroxylation is 2. The maximum Gasteiger partial charge on any atom is 0.244 e. The van der Waals surface area contributed by atoms with Crippen LogP contribution in [0.5, 0.6) is 5.75 Å². The van der Waals surface area contributed by atoms with Gasteiger partial charge >= 0.3 is 0 Å². The van der Waals surface area contributed by atoms with E-state index < -0.39 is 0 Å². The van der Waals surface area contributed by atoms with Crippen LogP contribution in [0.3, 0.4) is 0 Å². The lowest BCUT2D eigenvalue weighted by molar-refractivity contribution is -0.116. The predicted octanol–water partition coefficient (Wildman–Crippen LogP) is 5.45. The van der Waals surface area contributed by atoms with E-state index in [9.17, 15) is 4.79 Å². The van der Waals surface area contributed by atoms with E-state index >= 15 is 0 Å². The van der Waals surface area contributed by atoms with Crippen LogP contribution >= 0.6 is 11.6 Å². The van der Waals surface area contributed by atoms with Crippen LogP contribution in [0.25, 0.3) is 11.1 Å². The average Bonchev–Trinajstić information content (AvgIpc) is 3.21. The van der Waals surface area contributed by atoms with Crippen LogP contribution in [0.1, 0.15) is 29.3 Å². The molecule has 4 rings (SSSR count). The van der Waals surface area contributed by atoms with Gasteiger partial charge in [-0.2, -0.15) is 0 Å². The van der Waals surface area contributed by atoms with Crippen LogP contribution in [-0.2, 0) is 24.2 Å². The van der Waals surface area contributed by atoms with Gasteiger partial charge in [-0.15, -0.1) is 0 Å². The number of carbonyl (C=O) groups excluding carboxylic acids is 1. The van der Waals surface area contributed by atoms with Crippen molar-refractivity contribution in [2.75, 3.05) is 0 Å². The summed E-state index contributed by atoms with van der Waals surface area (Å²) in [7, 11) is 0. The number of pyridine rings is 1. The van der Waals surface area contributed by atoms with Crippen LogP contribution in [-0.4, -0.2) is 17.0 Å². The van der Waals surface area contributed by atoms with Gasteiger partial charge < -0.3 is 10.1 Å². The molecule has 0 aliphatic carbocycles. The Balaban J connectivity index is 1.37. The van der Waals surface area contributed by atoms with Crippen LogP contribution in [0.15, 0.2) is 66.9 Å². The third kappa shape index (κ3) is 5.15. The molecule has 2 heterocycles. The second-order valence-corrected chi connectivity index (χ2v) is 8.17. The monoisotopic (exact) mass is 432 g/mol. The van der Waals surface area contributed by atoms with Crippen LogP contribution < -0.4 is 10.1 Å². The Morgan fingerprint density at radius 3 is 2.71 bits per heavy atom. The van der Waals surface area contributed by atoms with Gasteiger partial charge in [-0.3, -0.25) is 9.78 Å². The highest BCUT2D eigenvalue weighted by Crippen LogP contribution is 2.39. The van der Waals surface area contributed by atoms with Gasteiger partial charge in [0.1, 0.15) is 11.9 Å². The smallest absolute Gasteiger partial charge is 0.244 e. The molecular weight excluding hydrogens is 408 g/mol. The van der Waals surface area contributed by atoms with Crippen molar-refractivity contribution in [1.82, 2.24) is 10.3 Å². The first-order valence-corrected chi connectivity index (χ1v) is 10.9. The Morgan fingerprint density at radius 1 is 1.19 bits per heavy atom. The summed E-state index contributed by atoms with van der Waals surface area (Å²) in [4.78, 5) is 16.5. The lowest BCUT2D eigenvalue weighted by Crippen LogP contribution is -2.21. The van der Waals surface area contributed by atoms with Gasteiger partial charge in [0, 0.05) is 36.5 Å². The minimum Gasteiger partial charge on any atom is -0.484 e. The maximum atomic E-state index is 12.2. The first-order valence-electron chi connectivity index (χ1n) is 10.5. The summed E-state index contributed by atoms with van der Waals surface area (Å²) in [5.41, 5.74) is 6.47. The van der Waals surface area contributed by atoms with Gasteiger partial charge in [0.15, 0.2) is 0 Å². The molecule has 4 nitrogen and oxygen atoms in total. The predicted molar refractivity (Wildman–Crippen MR) is 124 cm³/mol. The molecule has 1 aromatic heterocycles. The summed E-state index contributed by atoms with van der Waals surface area (Å²) in [6.07, 6.45) is 6.48. The van der Waals surface area contributed by atoms with E-state index in [1.165, 1.54) is 11.6 Å². The number of rotatable bonds is 6. The average molecular weight is 433 g/mol. The Morgan fingerprint density at radius 2 is 2.00 bits per heavy atom. The fraction of sp³-hybridized carbons (Fsp3) is 0.231. The standard InChI is InChI=1S/C26H25ClN2O2/c1-3-22-9-6-18(15-28-22)16-29-25(30)11-10-23-13-21-12-20(14-24(27)26(21)31-23)19-7-4-17(2)5-8-19/h4-12,14-15,23H,3,13,16H2,1-2H3,(H,29,30)/b11-10+.